The fraction of sp³-hybridized carbons (Fsp3) is 0.500. The molecule has 1 aliphatic rings. The number of hydrogen-bond acceptors (Lipinski definition) is 4. The summed E-state index contributed by atoms with van der Waals surface area (Å²) in [5.41, 5.74) is -0.118. The highest BCUT2D eigenvalue weighted by Gasteiger charge is 2.51. The molecule has 114 valence electrons. The first-order valence-corrected chi connectivity index (χ1v) is 7.27. The topological polar surface area (TPSA) is 44.8 Å². The zero-order chi connectivity index (χ0) is 16.0. The van der Waals surface area contributed by atoms with Crippen LogP contribution in [0, 0.1) is 0 Å². The fourth-order valence-corrected chi connectivity index (χ4v) is 2.66. The summed E-state index contributed by atoms with van der Waals surface area (Å²) in [5, 5.41) is 0.415. The van der Waals surface area contributed by atoms with Crippen molar-refractivity contribution in [1.82, 2.24) is 0 Å². The van der Waals surface area contributed by atoms with Crippen molar-refractivity contribution in [3.63, 3.8) is 0 Å². The van der Waals surface area contributed by atoms with Gasteiger partial charge < -0.3 is 14.0 Å². The van der Waals surface area contributed by atoms with Crippen molar-refractivity contribution >= 4 is 41.8 Å². The lowest BCUT2D eigenvalue weighted by atomic mass is 9.79. The van der Waals surface area contributed by atoms with Crippen molar-refractivity contribution in [2.45, 2.75) is 38.9 Å². The predicted octanol–water partition coefficient (Wildman–Crippen LogP) is 3.08. The van der Waals surface area contributed by atoms with E-state index in [1.165, 1.54) is 7.11 Å². The molecule has 0 N–H and O–H groups in total. The Morgan fingerprint density at radius 1 is 1.10 bits per heavy atom. The Morgan fingerprint density at radius 3 is 1.90 bits per heavy atom. The van der Waals surface area contributed by atoms with Gasteiger partial charge in [0, 0.05) is 0 Å². The molecule has 4 nitrogen and oxygen atoms in total. The van der Waals surface area contributed by atoms with E-state index in [0.29, 0.717) is 5.46 Å². The highest BCUT2D eigenvalue weighted by Crippen LogP contribution is 2.37. The van der Waals surface area contributed by atoms with Crippen LogP contribution in [0.25, 0.3) is 0 Å². The number of hydrogen-bond donors (Lipinski definition) is 0. The van der Waals surface area contributed by atoms with E-state index in [-0.39, 0.29) is 15.6 Å². The minimum absolute atomic E-state index is 0.140. The highest BCUT2D eigenvalue weighted by molar-refractivity contribution is 6.63. The molecule has 1 fully saturated rings. The number of rotatable bonds is 2. The van der Waals surface area contributed by atoms with E-state index in [2.05, 4.69) is 4.74 Å². The van der Waals surface area contributed by atoms with Crippen LogP contribution in [-0.2, 0) is 14.0 Å². The number of esters is 1. The van der Waals surface area contributed by atoms with Crippen LogP contribution in [0.5, 0.6) is 0 Å². The van der Waals surface area contributed by atoms with Crippen LogP contribution in [0.4, 0.5) is 0 Å². The van der Waals surface area contributed by atoms with Gasteiger partial charge in [0.25, 0.3) is 0 Å². The van der Waals surface area contributed by atoms with Gasteiger partial charge in [-0.3, -0.25) is 0 Å². The van der Waals surface area contributed by atoms with Gasteiger partial charge in [0.1, 0.15) is 0 Å². The number of benzene rings is 1. The summed E-state index contributed by atoms with van der Waals surface area (Å²) >= 11 is 12.3. The van der Waals surface area contributed by atoms with Crippen molar-refractivity contribution < 1.29 is 18.8 Å². The molecule has 1 aliphatic heterocycles. The average molecular weight is 331 g/mol. The van der Waals surface area contributed by atoms with Gasteiger partial charge in [0.2, 0.25) is 0 Å². The fourth-order valence-electron chi connectivity index (χ4n) is 2.01. The lowest BCUT2D eigenvalue weighted by Crippen LogP contribution is -2.41. The summed E-state index contributed by atoms with van der Waals surface area (Å²) in [7, 11) is 0.689. The number of halogens is 2. The molecule has 0 aromatic heterocycles. The summed E-state index contributed by atoms with van der Waals surface area (Å²) in [4.78, 5) is 11.6. The Morgan fingerprint density at radius 2 is 1.52 bits per heavy atom. The first-order valence-electron chi connectivity index (χ1n) is 6.52. The normalized spacial score (nSPS) is 19.7. The van der Waals surface area contributed by atoms with Crippen LogP contribution in [0.1, 0.15) is 38.1 Å². The summed E-state index contributed by atoms with van der Waals surface area (Å²) in [5.74, 6) is -0.578. The molecule has 0 spiro atoms. The summed E-state index contributed by atoms with van der Waals surface area (Å²) in [6.45, 7) is 7.83. The predicted molar refractivity (Wildman–Crippen MR) is 83.5 cm³/mol. The molecule has 0 atom stereocenters. The number of carbonyl (C=O) groups is 1. The van der Waals surface area contributed by atoms with Gasteiger partial charge in [-0.05, 0) is 45.3 Å². The van der Waals surface area contributed by atoms with Crippen LogP contribution < -0.4 is 5.46 Å². The lowest BCUT2D eigenvalue weighted by Gasteiger charge is -2.32. The van der Waals surface area contributed by atoms with Gasteiger partial charge in [-0.1, -0.05) is 23.2 Å². The number of methoxy groups -OCH3 is 1. The van der Waals surface area contributed by atoms with Crippen LogP contribution in [0.15, 0.2) is 12.1 Å². The van der Waals surface area contributed by atoms with Crippen LogP contribution in [0.3, 0.4) is 0 Å². The van der Waals surface area contributed by atoms with Gasteiger partial charge in [-0.25, -0.2) is 4.79 Å². The van der Waals surface area contributed by atoms with Crippen molar-refractivity contribution in [2.24, 2.45) is 0 Å². The Kier molecular flexibility index (Phi) is 4.33. The number of ether oxygens (including phenoxy) is 1. The molecule has 1 aromatic rings. The maximum atomic E-state index is 11.6. The van der Waals surface area contributed by atoms with E-state index < -0.39 is 24.3 Å². The molecular formula is C14H17BCl2O4. The van der Waals surface area contributed by atoms with Crippen LogP contribution >= 0.6 is 23.2 Å². The molecule has 0 radical (unpaired) electrons. The molecule has 1 aromatic carbocycles. The molecule has 0 saturated carbocycles. The molecule has 0 amide bonds. The molecule has 0 unspecified atom stereocenters. The van der Waals surface area contributed by atoms with Gasteiger partial charge in [-0.15, -0.1) is 0 Å². The van der Waals surface area contributed by atoms with Crippen molar-refractivity contribution in [2.75, 3.05) is 7.11 Å². The monoisotopic (exact) mass is 330 g/mol. The maximum absolute atomic E-state index is 11.6. The second-order valence-electron chi connectivity index (χ2n) is 5.94. The maximum Gasteiger partial charge on any atom is 0.494 e. The number of carbonyl (C=O) groups excluding carboxylic acids is 1. The summed E-state index contributed by atoms with van der Waals surface area (Å²) in [6, 6.07) is 3.23. The van der Waals surface area contributed by atoms with Crippen LogP contribution in [-0.4, -0.2) is 31.4 Å². The second kappa shape index (κ2) is 5.47. The third kappa shape index (κ3) is 2.93. The Balaban J connectivity index is 2.38. The summed E-state index contributed by atoms with van der Waals surface area (Å²) in [6.07, 6.45) is 0. The summed E-state index contributed by atoms with van der Waals surface area (Å²) < 4.78 is 16.5. The average Bonchev–Trinajstić information content (AvgIpc) is 2.57. The molecule has 7 heteroatoms. The van der Waals surface area contributed by atoms with Crippen molar-refractivity contribution in [3.8, 4) is 0 Å². The minimum Gasteiger partial charge on any atom is -0.465 e. The Labute approximate surface area is 134 Å². The third-order valence-electron chi connectivity index (χ3n) is 3.98. The van der Waals surface area contributed by atoms with Crippen molar-refractivity contribution in [1.29, 1.82) is 0 Å². The highest BCUT2D eigenvalue weighted by atomic mass is 35.5. The Hall–Kier alpha value is -0.745. The molecule has 2 rings (SSSR count). The van der Waals surface area contributed by atoms with E-state index in [9.17, 15) is 4.79 Å². The molecular weight excluding hydrogens is 314 g/mol. The van der Waals surface area contributed by atoms with Gasteiger partial charge >= 0.3 is 13.1 Å². The van der Waals surface area contributed by atoms with E-state index in [1.54, 1.807) is 12.1 Å². The van der Waals surface area contributed by atoms with E-state index >= 15 is 0 Å². The smallest absolute Gasteiger partial charge is 0.465 e. The zero-order valence-electron chi connectivity index (χ0n) is 12.6. The molecule has 21 heavy (non-hydrogen) atoms. The van der Waals surface area contributed by atoms with Gasteiger partial charge in [0.05, 0.1) is 33.9 Å². The SMILES string of the molecule is COC(=O)c1c(Cl)cc(B2OC(C)(C)C(C)(C)O2)cc1Cl. The molecule has 0 bridgehead atoms. The first-order chi connectivity index (χ1) is 9.59. The second-order valence-corrected chi connectivity index (χ2v) is 6.75. The minimum atomic E-state index is -0.586. The third-order valence-corrected chi connectivity index (χ3v) is 4.58. The molecule has 1 heterocycles. The van der Waals surface area contributed by atoms with E-state index in [0.717, 1.165) is 0 Å². The van der Waals surface area contributed by atoms with Gasteiger partial charge in [0.15, 0.2) is 0 Å². The van der Waals surface area contributed by atoms with Crippen LogP contribution in [0.2, 0.25) is 10.0 Å². The van der Waals surface area contributed by atoms with Crippen molar-refractivity contribution in [3.05, 3.63) is 27.7 Å². The van der Waals surface area contributed by atoms with Gasteiger partial charge in [-0.2, -0.15) is 0 Å². The largest absolute Gasteiger partial charge is 0.494 e. The molecule has 1 saturated heterocycles. The Bertz CT molecular complexity index is 547. The van der Waals surface area contributed by atoms with E-state index in [1.807, 2.05) is 27.7 Å². The standard InChI is InChI=1S/C14H17BCl2O4/c1-13(2)14(3,4)21-15(20-13)8-6-9(16)11(10(17)7-8)12(18)19-5/h6-7H,1-5H3. The molecule has 0 aliphatic carbocycles. The van der Waals surface area contributed by atoms with E-state index in [4.69, 9.17) is 32.5 Å². The quantitative estimate of drug-likeness (QED) is 0.617. The lowest BCUT2D eigenvalue weighted by molar-refractivity contribution is 0.00578. The first kappa shape index (κ1) is 16.6. The zero-order valence-corrected chi connectivity index (χ0v) is 14.1.